The van der Waals surface area contributed by atoms with Gasteiger partial charge in [-0.1, -0.05) is 6.07 Å². The van der Waals surface area contributed by atoms with E-state index in [1.54, 1.807) is 11.1 Å². The van der Waals surface area contributed by atoms with Gasteiger partial charge in [-0.25, -0.2) is 13.4 Å². The summed E-state index contributed by atoms with van der Waals surface area (Å²) in [6.45, 7) is 0.521. The molecule has 0 saturated heterocycles. The minimum absolute atomic E-state index is 0.106. The molecule has 3 aliphatic heterocycles. The molecule has 1 N–H and O–H groups in total. The van der Waals surface area contributed by atoms with Gasteiger partial charge in [0.2, 0.25) is 15.9 Å². The average molecular weight is 434 g/mol. The van der Waals surface area contributed by atoms with Crippen molar-refractivity contribution >= 4 is 15.9 Å². The first-order valence-electron chi connectivity index (χ1n) is 10.7. The number of fused-ring (bicyclic) bond motifs is 5. The van der Waals surface area contributed by atoms with Crippen LogP contribution in [-0.2, 0) is 19.6 Å². The van der Waals surface area contributed by atoms with Crippen LogP contribution in [0.5, 0.6) is 5.88 Å². The molecule has 1 aromatic rings. The van der Waals surface area contributed by atoms with Crippen LogP contribution >= 0.6 is 0 Å². The Kier molecular flexibility index (Phi) is 5.18. The van der Waals surface area contributed by atoms with Crippen LogP contribution in [0.4, 0.5) is 0 Å². The molecule has 4 heterocycles. The van der Waals surface area contributed by atoms with Gasteiger partial charge in [0.25, 0.3) is 5.91 Å². The number of nitrogens with one attached hydrogen (secondary N) is 1. The van der Waals surface area contributed by atoms with E-state index in [1.807, 2.05) is 12.1 Å². The highest BCUT2D eigenvalue weighted by atomic mass is 32.2. The molecule has 1 amide bonds. The van der Waals surface area contributed by atoms with Crippen LogP contribution < -0.4 is 9.46 Å². The van der Waals surface area contributed by atoms with Crippen LogP contribution in [-0.4, -0.2) is 55.3 Å². The largest absolute Gasteiger partial charge is 0.467 e. The molecule has 0 spiro atoms. The maximum Gasteiger partial charge on any atom is 0.264 e. The van der Waals surface area contributed by atoms with E-state index in [2.05, 4.69) is 9.71 Å². The van der Waals surface area contributed by atoms with Crippen molar-refractivity contribution in [3.63, 3.8) is 0 Å². The fraction of sp³-hybridized carbons (Fsp3) is 0.619. The van der Waals surface area contributed by atoms with Crippen molar-refractivity contribution in [3.05, 3.63) is 35.3 Å². The van der Waals surface area contributed by atoms with E-state index >= 15 is 0 Å². The highest BCUT2D eigenvalue weighted by molar-refractivity contribution is 7.90. The molecule has 8 nitrogen and oxygen atoms in total. The number of aromatic nitrogens is 1. The molecule has 2 aliphatic carbocycles. The SMILES string of the molecule is O=C1COc2ncccc2C2CCC(CC2)OCC2=C(NS(=O)(=O)C3CC3)CCN12. The monoisotopic (exact) mass is 433 g/mol. The molecule has 162 valence electrons. The van der Waals surface area contributed by atoms with Gasteiger partial charge < -0.3 is 14.4 Å². The van der Waals surface area contributed by atoms with E-state index in [0.29, 0.717) is 49.0 Å². The minimum Gasteiger partial charge on any atom is -0.467 e. The Hall–Kier alpha value is -2.13. The van der Waals surface area contributed by atoms with Crippen molar-refractivity contribution < 1.29 is 22.7 Å². The van der Waals surface area contributed by atoms with Gasteiger partial charge in [0.05, 0.1) is 23.7 Å². The fourth-order valence-electron chi connectivity index (χ4n) is 4.63. The van der Waals surface area contributed by atoms with Crippen molar-refractivity contribution in [2.75, 3.05) is 19.8 Å². The standard InChI is InChI=1S/C21H27N3O5S/c25-20-13-29-21-17(2-1-10-22-21)14-3-5-15(6-4-14)28-12-19-18(9-11-24(19)20)23-30(26,27)16-7-8-16/h1-2,10,14-16,23H,3-9,11-13H2. The lowest BCUT2D eigenvalue weighted by Crippen LogP contribution is -2.35. The molecule has 0 unspecified atom stereocenters. The molecule has 9 heteroatoms. The number of rotatable bonds is 3. The van der Waals surface area contributed by atoms with Gasteiger partial charge in [-0.05, 0) is 50.5 Å². The Bertz CT molecular complexity index is 965. The maximum absolute atomic E-state index is 12.9. The summed E-state index contributed by atoms with van der Waals surface area (Å²) in [5, 5.41) is -0.313. The Morgan fingerprint density at radius 2 is 1.90 bits per heavy atom. The number of carbonyl (C=O) groups is 1. The van der Waals surface area contributed by atoms with E-state index in [4.69, 9.17) is 9.47 Å². The average Bonchev–Trinajstić information content (AvgIpc) is 3.54. The smallest absolute Gasteiger partial charge is 0.264 e. The van der Waals surface area contributed by atoms with Gasteiger partial charge in [-0.2, -0.15) is 0 Å². The fourth-order valence-corrected chi connectivity index (χ4v) is 6.12. The number of pyridine rings is 1. The van der Waals surface area contributed by atoms with E-state index in [1.165, 1.54) is 0 Å². The van der Waals surface area contributed by atoms with Crippen molar-refractivity contribution in [2.45, 2.75) is 62.2 Å². The van der Waals surface area contributed by atoms with Crippen molar-refractivity contribution in [1.29, 1.82) is 0 Å². The summed E-state index contributed by atoms with van der Waals surface area (Å²) in [7, 11) is -3.39. The van der Waals surface area contributed by atoms with Gasteiger partial charge in [0, 0.05) is 30.4 Å². The summed E-state index contributed by atoms with van der Waals surface area (Å²) in [6.07, 6.45) is 7.44. The third kappa shape index (κ3) is 3.92. The van der Waals surface area contributed by atoms with Crippen LogP contribution in [0.25, 0.3) is 0 Å². The lowest BCUT2D eigenvalue weighted by Gasteiger charge is -2.29. The van der Waals surface area contributed by atoms with Crippen molar-refractivity contribution in [1.82, 2.24) is 14.6 Å². The third-order valence-electron chi connectivity index (χ3n) is 6.49. The molecule has 2 fully saturated rings. The number of ether oxygens (including phenoxy) is 2. The molecular weight excluding hydrogens is 406 g/mol. The van der Waals surface area contributed by atoms with Gasteiger partial charge in [-0.3, -0.25) is 9.52 Å². The van der Waals surface area contributed by atoms with Crippen molar-refractivity contribution in [3.8, 4) is 5.88 Å². The van der Waals surface area contributed by atoms with Crippen LogP contribution in [0.15, 0.2) is 29.7 Å². The third-order valence-corrected chi connectivity index (χ3v) is 8.37. The Balaban J connectivity index is 1.44. The van der Waals surface area contributed by atoms with Crippen LogP contribution in [0.3, 0.4) is 0 Å². The van der Waals surface area contributed by atoms with Gasteiger partial charge in [-0.15, -0.1) is 0 Å². The number of hydrogen-bond donors (Lipinski definition) is 1. The first-order chi connectivity index (χ1) is 14.5. The Morgan fingerprint density at radius 1 is 1.10 bits per heavy atom. The second-order valence-electron chi connectivity index (χ2n) is 8.54. The molecule has 1 aromatic heterocycles. The minimum atomic E-state index is -3.39. The summed E-state index contributed by atoms with van der Waals surface area (Å²) in [5.41, 5.74) is 2.26. The van der Waals surface area contributed by atoms with E-state index in [0.717, 1.165) is 31.2 Å². The highest BCUT2D eigenvalue weighted by Crippen LogP contribution is 2.38. The number of amides is 1. The van der Waals surface area contributed by atoms with Crippen LogP contribution in [0, 0.1) is 0 Å². The maximum atomic E-state index is 12.9. The lowest BCUT2D eigenvalue weighted by molar-refractivity contribution is -0.131. The van der Waals surface area contributed by atoms with Crippen LogP contribution in [0.1, 0.15) is 56.4 Å². The highest BCUT2D eigenvalue weighted by Gasteiger charge is 2.39. The molecule has 0 aromatic carbocycles. The zero-order chi connectivity index (χ0) is 20.7. The summed E-state index contributed by atoms with van der Waals surface area (Å²) < 4.78 is 39.7. The van der Waals surface area contributed by atoms with Crippen LogP contribution in [0.2, 0.25) is 0 Å². The summed E-state index contributed by atoms with van der Waals surface area (Å²) in [4.78, 5) is 18.9. The van der Waals surface area contributed by atoms with Crippen molar-refractivity contribution in [2.24, 2.45) is 0 Å². The van der Waals surface area contributed by atoms with Gasteiger partial charge in [0.15, 0.2) is 6.61 Å². The summed E-state index contributed by atoms with van der Waals surface area (Å²) >= 11 is 0. The quantitative estimate of drug-likeness (QED) is 0.783. The van der Waals surface area contributed by atoms with E-state index in [-0.39, 0.29) is 30.5 Å². The molecule has 5 aliphatic rings. The Labute approximate surface area is 176 Å². The predicted octanol–water partition coefficient (Wildman–Crippen LogP) is 2.04. The first-order valence-corrected chi connectivity index (χ1v) is 12.3. The number of sulfonamides is 1. The zero-order valence-corrected chi connectivity index (χ0v) is 17.7. The number of nitrogens with zero attached hydrogens (tertiary/aromatic N) is 2. The molecule has 30 heavy (non-hydrogen) atoms. The zero-order valence-electron chi connectivity index (χ0n) is 16.9. The topological polar surface area (TPSA) is 97.8 Å². The normalized spacial score (nSPS) is 27.5. The van der Waals surface area contributed by atoms with E-state index in [9.17, 15) is 13.2 Å². The Morgan fingerprint density at radius 3 is 2.67 bits per heavy atom. The second-order valence-corrected chi connectivity index (χ2v) is 10.5. The molecule has 0 radical (unpaired) electrons. The molecule has 2 bridgehead atoms. The van der Waals surface area contributed by atoms with Gasteiger partial charge >= 0.3 is 0 Å². The second kappa shape index (κ2) is 7.85. The molecule has 0 atom stereocenters. The van der Waals surface area contributed by atoms with Gasteiger partial charge in [0.1, 0.15) is 0 Å². The molecule has 2 saturated carbocycles. The number of carbonyl (C=O) groups excluding carboxylic acids is 1. The summed E-state index contributed by atoms with van der Waals surface area (Å²) in [6, 6.07) is 3.94. The van der Waals surface area contributed by atoms with E-state index < -0.39 is 10.0 Å². The number of hydrogen-bond acceptors (Lipinski definition) is 6. The predicted molar refractivity (Wildman–Crippen MR) is 109 cm³/mol. The summed E-state index contributed by atoms with van der Waals surface area (Å²) in [5.74, 6) is 0.663. The molecule has 6 rings (SSSR count). The lowest BCUT2D eigenvalue weighted by atomic mass is 9.83. The molecular formula is C21H27N3O5S. The first kappa shape index (κ1) is 19.8.